The molecule has 0 saturated heterocycles. The van der Waals surface area contributed by atoms with E-state index >= 15 is 0 Å². The van der Waals surface area contributed by atoms with Crippen LogP contribution in [0.4, 0.5) is 4.39 Å². The van der Waals surface area contributed by atoms with Gasteiger partial charge in [0, 0.05) is 6.42 Å². The summed E-state index contributed by atoms with van der Waals surface area (Å²) in [4.78, 5) is 23.5. The van der Waals surface area contributed by atoms with Crippen LogP contribution in [0, 0.1) is 5.82 Å². The van der Waals surface area contributed by atoms with Gasteiger partial charge in [-0.3, -0.25) is 20.4 Å². The van der Waals surface area contributed by atoms with E-state index in [1.54, 1.807) is 18.2 Å². The Morgan fingerprint density at radius 3 is 2.48 bits per heavy atom. The number of hydrogen-bond acceptors (Lipinski definition) is 2. The van der Waals surface area contributed by atoms with Gasteiger partial charge in [0.05, 0.1) is 15.6 Å². The first-order valence-electron chi connectivity index (χ1n) is 6.75. The first kappa shape index (κ1) is 17.2. The normalized spacial score (nSPS) is 10.2. The molecule has 120 valence electrons. The zero-order valence-electron chi connectivity index (χ0n) is 11.9. The van der Waals surface area contributed by atoms with Crippen molar-refractivity contribution in [2.24, 2.45) is 0 Å². The Hall–Kier alpha value is -2.11. The number of carbonyl (C=O) groups is 2. The molecule has 0 spiro atoms. The SMILES string of the molecule is O=C(CCc1cccc(Cl)c1Cl)NNC(=O)c1ccccc1F. The molecule has 2 N–H and O–H groups in total. The van der Waals surface area contributed by atoms with Gasteiger partial charge < -0.3 is 0 Å². The molecular formula is C16H13Cl2FN2O2. The molecule has 4 nitrogen and oxygen atoms in total. The molecule has 2 amide bonds. The Kier molecular flexibility index (Phi) is 5.96. The van der Waals surface area contributed by atoms with Gasteiger partial charge in [-0.05, 0) is 30.2 Å². The second kappa shape index (κ2) is 7.94. The lowest BCUT2D eigenvalue weighted by molar-refractivity contribution is -0.121. The number of carbonyl (C=O) groups excluding carboxylic acids is 2. The highest BCUT2D eigenvalue weighted by molar-refractivity contribution is 6.42. The van der Waals surface area contributed by atoms with Crippen molar-refractivity contribution in [3.63, 3.8) is 0 Å². The Morgan fingerprint density at radius 2 is 1.74 bits per heavy atom. The molecule has 0 aromatic heterocycles. The van der Waals surface area contributed by atoms with Gasteiger partial charge in [-0.1, -0.05) is 47.5 Å². The van der Waals surface area contributed by atoms with Crippen molar-refractivity contribution in [1.82, 2.24) is 10.9 Å². The van der Waals surface area contributed by atoms with Crippen LogP contribution in [0.2, 0.25) is 10.0 Å². The predicted octanol–water partition coefficient (Wildman–Crippen LogP) is 3.53. The molecule has 2 aromatic rings. The summed E-state index contributed by atoms with van der Waals surface area (Å²) in [6.07, 6.45) is 0.457. The van der Waals surface area contributed by atoms with E-state index in [2.05, 4.69) is 10.9 Å². The summed E-state index contributed by atoms with van der Waals surface area (Å²) in [5.74, 6) is -1.81. The third-order valence-corrected chi connectivity index (χ3v) is 3.94. The lowest BCUT2D eigenvalue weighted by atomic mass is 10.1. The van der Waals surface area contributed by atoms with Crippen LogP contribution in [-0.2, 0) is 11.2 Å². The van der Waals surface area contributed by atoms with E-state index in [-0.39, 0.29) is 12.0 Å². The summed E-state index contributed by atoms with van der Waals surface area (Å²) >= 11 is 11.9. The van der Waals surface area contributed by atoms with Gasteiger partial charge >= 0.3 is 0 Å². The number of benzene rings is 2. The molecule has 2 aromatic carbocycles. The van der Waals surface area contributed by atoms with E-state index in [9.17, 15) is 14.0 Å². The standard InChI is InChI=1S/C16H13Cl2FN2O2/c17-12-6-3-4-10(15(12)18)8-9-14(22)20-21-16(23)11-5-1-2-7-13(11)19/h1-7H,8-9H2,(H,20,22)(H,21,23). The Labute approximate surface area is 142 Å². The zero-order valence-corrected chi connectivity index (χ0v) is 13.4. The molecule has 0 saturated carbocycles. The zero-order chi connectivity index (χ0) is 16.8. The van der Waals surface area contributed by atoms with Crippen molar-refractivity contribution in [2.45, 2.75) is 12.8 Å². The quantitative estimate of drug-likeness (QED) is 0.825. The number of rotatable bonds is 4. The molecule has 0 aliphatic heterocycles. The fourth-order valence-electron chi connectivity index (χ4n) is 1.89. The topological polar surface area (TPSA) is 58.2 Å². The van der Waals surface area contributed by atoms with Crippen molar-refractivity contribution < 1.29 is 14.0 Å². The summed E-state index contributed by atoms with van der Waals surface area (Å²) in [6.45, 7) is 0. The molecule has 0 bridgehead atoms. The smallest absolute Gasteiger partial charge is 0.272 e. The molecule has 0 aliphatic rings. The Bertz CT molecular complexity index is 738. The lowest BCUT2D eigenvalue weighted by Crippen LogP contribution is -2.42. The molecule has 0 radical (unpaired) electrons. The monoisotopic (exact) mass is 354 g/mol. The molecule has 0 fully saturated rings. The van der Waals surface area contributed by atoms with Crippen molar-refractivity contribution >= 4 is 35.0 Å². The van der Waals surface area contributed by atoms with Gasteiger partial charge in [0.25, 0.3) is 5.91 Å². The second-order valence-corrected chi connectivity index (χ2v) is 5.48. The second-order valence-electron chi connectivity index (χ2n) is 4.70. The fourth-order valence-corrected chi connectivity index (χ4v) is 2.31. The van der Waals surface area contributed by atoms with Crippen LogP contribution >= 0.6 is 23.2 Å². The minimum atomic E-state index is -0.725. The van der Waals surface area contributed by atoms with E-state index in [0.29, 0.717) is 16.5 Å². The van der Waals surface area contributed by atoms with Crippen LogP contribution in [0.5, 0.6) is 0 Å². The van der Waals surface area contributed by atoms with Crippen molar-refractivity contribution in [1.29, 1.82) is 0 Å². The minimum absolute atomic E-state index is 0.0949. The van der Waals surface area contributed by atoms with Crippen LogP contribution in [0.25, 0.3) is 0 Å². The van der Waals surface area contributed by atoms with Gasteiger partial charge in [0.1, 0.15) is 5.82 Å². The van der Waals surface area contributed by atoms with Crippen molar-refractivity contribution in [2.75, 3.05) is 0 Å². The number of hydrogen-bond donors (Lipinski definition) is 2. The summed E-state index contributed by atoms with van der Waals surface area (Å²) < 4.78 is 13.4. The maximum Gasteiger partial charge on any atom is 0.272 e. The number of amides is 2. The maximum absolute atomic E-state index is 13.4. The number of hydrazine groups is 1. The maximum atomic E-state index is 13.4. The Morgan fingerprint density at radius 1 is 1.00 bits per heavy atom. The first-order chi connectivity index (χ1) is 11.0. The largest absolute Gasteiger partial charge is 0.273 e. The van der Waals surface area contributed by atoms with Crippen LogP contribution in [0.15, 0.2) is 42.5 Å². The van der Waals surface area contributed by atoms with E-state index in [0.717, 1.165) is 11.6 Å². The summed E-state index contributed by atoms with van der Waals surface area (Å²) in [5, 5.41) is 0.815. The van der Waals surface area contributed by atoms with Crippen molar-refractivity contribution in [3.8, 4) is 0 Å². The van der Waals surface area contributed by atoms with Crippen LogP contribution in [0.3, 0.4) is 0 Å². The van der Waals surface area contributed by atoms with Gasteiger partial charge in [-0.15, -0.1) is 0 Å². The number of halogens is 3. The molecule has 2 rings (SSSR count). The number of aryl methyl sites for hydroxylation is 1. The third-order valence-electron chi connectivity index (χ3n) is 3.09. The molecule has 0 heterocycles. The van der Waals surface area contributed by atoms with E-state index in [1.807, 2.05) is 0 Å². The minimum Gasteiger partial charge on any atom is -0.273 e. The average molecular weight is 355 g/mol. The summed E-state index contributed by atoms with van der Waals surface area (Å²) in [7, 11) is 0. The fraction of sp³-hybridized carbons (Fsp3) is 0.125. The molecule has 7 heteroatoms. The average Bonchev–Trinajstić information content (AvgIpc) is 2.54. The highest BCUT2D eigenvalue weighted by Crippen LogP contribution is 2.26. The van der Waals surface area contributed by atoms with Crippen LogP contribution in [0.1, 0.15) is 22.3 Å². The van der Waals surface area contributed by atoms with Gasteiger partial charge in [0.2, 0.25) is 5.91 Å². The highest BCUT2D eigenvalue weighted by atomic mass is 35.5. The first-order valence-corrected chi connectivity index (χ1v) is 7.51. The molecular weight excluding hydrogens is 342 g/mol. The highest BCUT2D eigenvalue weighted by Gasteiger charge is 2.12. The van der Waals surface area contributed by atoms with Gasteiger partial charge in [0.15, 0.2) is 0 Å². The van der Waals surface area contributed by atoms with Crippen LogP contribution in [-0.4, -0.2) is 11.8 Å². The van der Waals surface area contributed by atoms with Crippen molar-refractivity contribution in [3.05, 3.63) is 69.5 Å². The Balaban J connectivity index is 1.85. The summed E-state index contributed by atoms with van der Waals surface area (Å²) in [5.41, 5.74) is 4.98. The van der Waals surface area contributed by atoms with E-state index in [1.165, 1.54) is 18.2 Å². The molecule has 23 heavy (non-hydrogen) atoms. The van der Waals surface area contributed by atoms with E-state index in [4.69, 9.17) is 23.2 Å². The number of nitrogens with one attached hydrogen (secondary N) is 2. The molecule has 0 atom stereocenters. The molecule has 0 aliphatic carbocycles. The van der Waals surface area contributed by atoms with Crippen LogP contribution < -0.4 is 10.9 Å². The predicted molar refractivity (Wildman–Crippen MR) is 86.8 cm³/mol. The third kappa shape index (κ3) is 4.68. The van der Waals surface area contributed by atoms with Gasteiger partial charge in [-0.25, -0.2) is 4.39 Å². The molecule has 0 unspecified atom stereocenters. The summed E-state index contributed by atoms with van der Waals surface area (Å²) in [6, 6.07) is 10.6. The van der Waals surface area contributed by atoms with E-state index < -0.39 is 17.6 Å². The van der Waals surface area contributed by atoms with Gasteiger partial charge in [-0.2, -0.15) is 0 Å². The lowest BCUT2D eigenvalue weighted by Gasteiger charge is -2.09.